The summed E-state index contributed by atoms with van der Waals surface area (Å²) in [5, 5.41) is 12.1. The zero-order valence-electron chi connectivity index (χ0n) is 11.7. The molecule has 0 radical (unpaired) electrons. The second-order valence-electron chi connectivity index (χ2n) is 3.95. The van der Waals surface area contributed by atoms with E-state index in [9.17, 15) is 0 Å². The summed E-state index contributed by atoms with van der Waals surface area (Å²) in [7, 11) is 1.61. The molecule has 4 nitrogen and oxygen atoms in total. The highest BCUT2D eigenvalue weighted by Crippen LogP contribution is 2.25. The molecule has 0 amide bonds. The number of thioether (sulfide) groups is 1. The number of nitrogens with zero attached hydrogens (tertiary/aromatic N) is 1. The number of ether oxygens (including phenoxy) is 2. The molecule has 1 aromatic carbocycles. The van der Waals surface area contributed by atoms with Crippen LogP contribution in [0.2, 0.25) is 0 Å². The van der Waals surface area contributed by atoms with Gasteiger partial charge in [0.15, 0.2) is 0 Å². The zero-order valence-corrected chi connectivity index (χ0v) is 12.5. The van der Waals surface area contributed by atoms with E-state index in [4.69, 9.17) is 14.7 Å². The maximum Gasteiger partial charge on any atom is 0.132 e. The van der Waals surface area contributed by atoms with Gasteiger partial charge in [-0.25, -0.2) is 0 Å². The number of hydrogen-bond donors (Lipinski definition) is 1. The Bertz CT molecular complexity index is 421. The van der Waals surface area contributed by atoms with Gasteiger partial charge < -0.3 is 14.7 Å². The summed E-state index contributed by atoms with van der Waals surface area (Å²) in [5.41, 5.74) is 1.31. The molecule has 0 bridgehead atoms. The maximum atomic E-state index is 8.88. The molecule has 1 N–H and O–H groups in total. The average Bonchev–Trinajstić information content (AvgIpc) is 2.46. The largest absolute Gasteiger partial charge is 0.497 e. The molecule has 0 spiro atoms. The van der Waals surface area contributed by atoms with Crippen molar-refractivity contribution in [2.75, 3.05) is 25.2 Å². The third-order valence-electron chi connectivity index (χ3n) is 2.62. The van der Waals surface area contributed by atoms with Gasteiger partial charge in [-0.1, -0.05) is 12.1 Å². The summed E-state index contributed by atoms with van der Waals surface area (Å²) in [4.78, 5) is 0. The van der Waals surface area contributed by atoms with Gasteiger partial charge in [0, 0.05) is 11.6 Å². The fourth-order valence-electron chi connectivity index (χ4n) is 1.59. The Hall–Kier alpha value is -1.36. The molecule has 0 aliphatic rings. The van der Waals surface area contributed by atoms with Gasteiger partial charge in [0.05, 0.1) is 19.4 Å². The lowest BCUT2D eigenvalue weighted by Crippen LogP contribution is -2.05. The molecule has 19 heavy (non-hydrogen) atoms. The van der Waals surface area contributed by atoms with Crippen molar-refractivity contribution in [1.29, 1.82) is 0 Å². The first kappa shape index (κ1) is 15.7. The smallest absolute Gasteiger partial charge is 0.132 e. The molecular weight excluding hydrogens is 262 g/mol. The van der Waals surface area contributed by atoms with Crippen LogP contribution in [0.15, 0.2) is 23.4 Å². The van der Waals surface area contributed by atoms with Crippen molar-refractivity contribution in [3.8, 4) is 11.5 Å². The molecule has 0 aliphatic carbocycles. The normalized spacial score (nSPS) is 11.4. The number of rotatable bonds is 8. The van der Waals surface area contributed by atoms with Crippen LogP contribution in [-0.4, -0.2) is 36.1 Å². The summed E-state index contributed by atoms with van der Waals surface area (Å²) in [6.07, 6.45) is 0.991. The summed E-state index contributed by atoms with van der Waals surface area (Å²) < 4.78 is 10.9. The predicted molar refractivity (Wildman–Crippen MR) is 80.1 cm³/mol. The van der Waals surface area contributed by atoms with Gasteiger partial charge >= 0.3 is 0 Å². The minimum absolute atomic E-state index is 0.528. The first-order valence-corrected chi connectivity index (χ1v) is 7.46. The standard InChI is InChI=1S/C14H21NO3S/c1-4-19-9-5-8-18-14-10-12(17-3)6-7-13(14)11(2)15-16/h6-7,10,16H,4-5,8-9H2,1-3H3/b15-11+. The Balaban J connectivity index is 2.72. The second-order valence-corrected chi connectivity index (χ2v) is 5.34. The Morgan fingerprint density at radius 1 is 1.42 bits per heavy atom. The second kappa shape index (κ2) is 8.69. The highest BCUT2D eigenvalue weighted by atomic mass is 32.2. The maximum absolute atomic E-state index is 8.88. The molecule has 1 aromatic rings. The van der Waals surface area contributed by atoms with Crippen molar-refractivity contribution in [3.63, 3.8) is 0 Å². The molecule has 0 unspecified atom stereocenters. The highest BCUT2D eigenvalue weighted by Gasteiger charge is 2.09. The van der Waals surface area contributed by atoms with Gasteiger partial charge in [-0.3, -0.25) is 0 Å². The van der Waals surface area contributed by atoms with Gasteiger partial charge in [-0.05, 0) is 37.0 Å². The van der Waals surface area contributed by atoms with Gasteiger partial charge in [0.25, 0.3) is 0 Å². The van der Waals surface area contributed by atoms with Crippen molar-refractivity contribution in [2.45, 2.75) is 20.3 Å². The van der Waals surface area contributed by atoms with Crippen LogP contribution in [0.4, 0.5) is 0 Å². The van der Waals surface area contributed by atoms with E-state index < -0.39 is 0 Å². The minimum atomic E-state index is 0.528. The molecule has 0 aromatic heterocycles. The minimum Gasteiger partial charge on any atom is -0.497 e. The summed E-state index contributed by atoms with van der Waals surface area (Å²) in [6.45, 7) is 4.53. The van der Waals surface area contributed by atoms with Crippen LogP contribution in [-0.2, 0) is 0 Å². The third kappa shape index (κ3) is 5.03. The van der Waals surface area contributed by atoms with E-state index in [0.717, 1.165) is 29.2 Å². The number of oxime groups is 1. The molecule has 0 saturated heterocycles. The lowest BCUT2D eigenvalue weighted by molar-refractivity contribution is 0.310. The lowest BCUT2D eigenvalue weighted by atomic mass is 10.1. The molecule has 0 atom stereocenters. The number of methoxy groups -OCH3 is 1. The highest BCUT2D eigenvalue weighted by molar-refractivity contribution is 7.99. The van der Waals surface area contributed by atoms with E-state index in [0.29, 0.717) is 18.1 Å². The number of hydrogen-bond acceptors (Lipinski definition) is 5. The zero-order chi connectivity index (χ0) is 14.1. The van der Waals surface area contributed by atoms with Crippen LogP contribution in [0.25, 0.3) is 0 Å². The number of benzene rings is 1. The van der Waals surface area contributed by atoms with Crippen molar-refractivity contribution < 1.29 is 14.7 Å². The van der Waals surface area contributed by atoms with Gasteiger partial charge in [0.1, 0.15) is 11.5 Å². The first-order valence-electron chi connectivity index (χ1n) is 6.30. The summed E-state index contributed by atoms with van der Waals surface area (Å²) >= 11 is 1.90. The van der Waals surface area contributed by atoms with Crippen molar-refractivity contribution in [2.24, 2.45) is 5.16 Å². The van der Waals surface area contributed by atoms with Crippen LogP contribution in [0.1, 0.15) is 25.8 Å². The fraction of sp³-hybridized carbons (Fsp3) is 0.500. The van der Waals surface area contributed by atoms with Crippen LogP contribution < -0.4 is 9.47 Å². The third-order valence-corrected chi connectivity index (χ3v) is 3.61. The topological polar surface area (TPSA) is 51.0 Å². The lowest BCUT2D eigenvalue weighted by Gasteiger charge is -2.12. The Labute approximate surface area is 118 Å². The molecule has 0 heterocycles. The van der Waals surface area contributed by atoms with E-state index in [1.165, 1.54) is 0 Å². The van der Waals surface area contributed by atoms with Crippen molar-refractivity contribution in [1.82, 2.24) is 0 Å². The van der Waals surface area contributed by atoms with Crippen molar-refractivity contribution in [3.05, 3.63) is 23.8 Å². The van der Waals surface area contributed by atoms with E-state index in [1.807, 2.05) is 30.0 Å². The van der Waals surface area contributed by atoms with E-state index in [1.54, 1.807) is 14.0 Å². The predicted octanol–water partition coefficient (Wildman–Crippen LogP) is 3.42. The molecule has 5 heteroatoms. The van der Waals surface area contributed by atoms with E-state index in [-0.39, 0.29) is 0 Å². The Kier molecular flexibility index (Phi) is 7.18. The monoisotopic (exact) mass is 283 g/mol. The fourth-order valence-corrected chi connectivity index (χ4v) is 2.20. The Morgan fingerprint density at radius 3 is 2.84 bits per heavy atom. The molecule has 0 saturated carbocycles. The van der Waals surface area contributed by atoms with Crippen LogP contribution in [0.3, 0.4) is 0 Å². The molecule has 106 valence electrons. The molecule has 0 fully saturated rings. The SMILES string of the molecule is CCSCCCOc1cc(OC)ccc1/C(C)=N/O. The molecule has 0 aliphatic heterocycles. The molecule has 1 rings (SSSR count). The van der Waals surface area contributed by atoms with Gasteiger partial charge in [-0.2, -0.15) is 11.8 Å². The van der Waals surface area contributed by atoms with Crippen LogP contribution >= 0.6 is 11.8 Å². The van der Waals surface area contributed by atoms with Gasteiger partial charge in [0.2, 0.25) is 0 Å². The van der Waals surface area contributed by atoms with Crippen LogP contribution in [0.5, 0.6) is 11.5 Å². The van der Waals surface area contributed by atoms with Crippen molar-refractivity contribution >= 4 is 17.5 Å². The first-order chi connectivity index (χ1) is 9.22. The molecular formula is C14H21NO3S. The summed E-state index contributed by atoms with van der Waals surface area (Å²) in [6, 6.07) is 5.48. The van der Waals surface area contributed by atoms with E-state index >= 15 is 0 Å². The van der Waals surface area contributed by atoms with Gasteiger partial charge in [-0.15, -0.1) is 0 Å². The Morgan fingerprint density at radius 2 is 2.21 bits per heavy atom. The quantitative estimate of drug-likeness (QED) is 0.344. The van der Waals surface area contributed by atoms with E-state index in [2.05, 4.69) is 12.1 Å². The van der Waals surface area contributed by atoms with Crippen LogP contribution in [0, 0.1) is 0 Å². The average molecular weight is 283 g/mol. The summed E-state index contributed by atoms with van der Waals surface area (Å²) in [5.74, 6) is 3.63.